The van der Waals surface area contributed by atoms with Gasteiger partial charge in [-0.2, -0.15) is 0 Å². The van der Waals surface area contributed by atoms with Crippen molar-refractivity contribution in [3.63, 3.8) is 0 Å². The number of hydrogen-bond acceptors (Lipinski definition) is 1. The van der Waals surface area contributed by atoms with Gasteiger partial charge >= 0.3 is 0 Å². The molecule has 1 heteroatoms. The maximum Gasteiger partial charge on any atom is 0.0118 e. The lowest BCUT2D eigenvalue weighted by Gasteiger charge is -2.29. The Morgan fingerprint density at radius 3 is 2.20 bits per heavy atom. The first-order chi connectivity index (χ1) is 7.06. The van der Waals surface area contributed by atoms with Crippen LogP contribution < -0.4 is 5.32 Å². The van der Waals surface area contributed by atoms with Crippen molar-refractivity contribution in [2.24, 2.45) is 11.8 Å². The highest BCUT2D eigenvalue weighted by molar-refractivity contribution is 5.00. The molecule has 0 bridgehead atoms. The third kappa shape index (κ3) is 5.36. The van der Waals surface area contributed by atoms with E-state index >= 15 is 0 Å². The van der Waals surface area contributed by atoms with E-state index in [-0.39, 0.29) is 0 Å². The van der Waals surface area contributed by atoms with Crippen LogP contribution in [0.25, 0.3) is 0 Å². The predicted octanol–water partition coefficient (Wildman–Crippen LogP) is 4.00. The summed E-state index contributed by atoms with van der Waals surface area (Å²) in [6, 6.07) is 0.648. The van der Waals surface area contributed by atoms with Crippen molar-refractivity contribution in [2.75, 3.05) is 7.05 Å². The third-order valence-corrected chi connectivity index (χ3v) is 3.40. The second kappa shape index (κ2) is 7.92. The van der Waals surface area contributed by atoms with Crippen LogP contribution in [-0.2, 0) is 0 Å². The summed E-state index contributed by atoms with van der Waals surface area (Å²) in [7, 11) is 2.09. The minimum Gasteiger partial charge on any atom is -0.316 e. The van der Waals surface area contributed by atoms with E-state index in [4.69, 9.17) is 0 Å². The van der Waals surface area contributed by atoms with Gasteiger partial charge in [-0.1, -0.05) is 45.8 Å². The van der Waals surface area contributed by atoms with Crippen LogP contribution >= 0.6 is 0 Å². The van der Waals surface area contributed by atoms with Crippen molar-refractivity contribution < 1.29 is 0 Å². The van der Waals surface area contributed by atoms with E-state index in [1.165, 1.54) is 18.4 Å². The smallest absolute Gasteiger partial charge is 0.0118 e. The van der Waals surface area contributed by atoms with Crippen LogP contribution in [0.1, 0.15) is 53.9 Å². The molecular weight excluding hydrogens is 182 g/mol. The Morgan fingerprint density at radius 1 is 1.20 bits per heavy atom. The molecule has 0 saturated carbocycles. The lowest BCUT2D eigenvalue weighted by molar-refractivity contribution is 0.291. The summed E-state index contributed by atoms with van der Waals surface area (Å²) >= 11 is 0. The molecule has 0 fully saturated rings. The zero-order valence-corrected chi connectivity index (χ0v) is 11.4. The second-order valence-electron chi connectivity index (χ2n) is 4.84. The number of nitrogens with one attached hydrogen (secondary N) is 1. The van der Waals surface area contributed by atoms with Gasteiger partial charge in [0.05, 0.1) is 0 Å². The summed E-state index contributed by atoms with van der Waals surface area (Å²) in [4.78, 5) is 0. The highest BCUT2D eigenvalue weighted by atomic mass is 14.9. The summed E-state index contributed by atoms with van der Waals surface area (Å²) in [6.45, 7) is 11.4. The van der Waals surface area contributed by atoms with Crippen LogP contribution in [0.5, 0.6) is 0 Å². The number of hydrogen-bond donors (Lipinski definition) is 1. The molecule has 0 saturated heterocycles. The minimum atomic E-state index is 0.648. The quantitative estimate of drug-likeness (QED) is 0.628. The fraction of sp³-hybridized carbons (Fsp3) is 0.857. The molecule has 90 valence electrons. The van der Waals surface area contributed by atoms with Crippen LogP contribution in [0, 0.1) is 11.8 Å². The molecule has 0 radical (unpaired) electrons. The van der Waals surface area contributed by atoms with Gasteiger partial charge in [-0.05, 0) is 38.6 Å². The monoisotopic (exact) mass is 211 g/mol. The van der Waals surface area contributed by atoms with E-state index in [1.54, 1.807) is 0 Å². The average molecular weight is 211 g/mol. The summed E-state index contributed by atoms with van der Waals surface area (Å²) in [5.41, 5.74) is 1.54. The summed E-state index contributed by atoms with van der Waals surface area (Å²) in [5.74, 6) is 1.49. The van der Waals surface area contributed by atoms with Gasteiger partial charge in [-0.25, -0.2) is 0 Å². The van der Waals surface area contributed by atoms with Crippen molar-refractivity contribution in [1.29, 1.82) is 0 Å². The first kappa shape index (κ1) is 14.7. The third-order valence-electron chi connectivity index (χ3n) is 3.40. The Hall–Kier alpha value is -0.300. The SMILES string of the molecule is CC/C=C(\C)CC(C)C(NC)C(C)CC. The summed E-state index contributed by atoms with van der Waals surface area (Å²) < 4.78 is 0. The van der Waals surface area contributed by atoms with Crippen molar-refractivity contribution >= 4 is 0 Å². The maximum atomic E-state index is 3.47. The Balaban J connectivity index is 4.26. The summed E-state index contributed by atoms with van der Waals surface area (Å²) in [5, 5.41) is 3.47. The van der Waals surface area contributed by atoms with Crippen LogP contribution in [0.15, 0.2) is 11.6 Å². The average Bonchev–Trinajstić information content (AvgIpc) is 2.18. The van der Waals surface area contributed by atoms with Crippen LogP contribution in [0.2, 0.25) is 0 Å². The lowest BCUT2D eigenvalue weighted by atomic mass is 9.85. The van der Waals surface area contributed by atoms with E-state index in [2.05, 4.69) is 53.1 Å². The van der Waals surface area contributed by atoms with Crippen LogP contribution in [0.4, 0.5) is 0 Å². The highest BCUT2D eigenvalue weighted by Crippen LogP contribution is 2.21. The molecule has 0 spiro atoms. The lowest BCUT2D eigenvalue weighted by Crippen LogP contribution is -2.37. The van der Waals surface area contributed by atoms with Gasteiger partial charge < -0.3 is 5.32 Å². The fourth-order valence-corrected chi connectivity index (χ4v) is 2.45. The zero-order chi connectivity index (χ0) is 11.8. The van der Waals surface area contributed by atoms with Crippen molar-refractivity contribution in [3.8, 4) is 0 Å². The molecule has 3 unspecified atom stereocenters. The predicted molar refractivity (Wildman–Crippen MR) is 70.1 cm³/mol. The van der Waals surface area contributed by atoms with Gasteiger partial charge in [-0.15, -0.1) is 0 Å². The van der Waals surface area contributed by atoms with E-state index in [0.717, 1.165) is 18.3 Å². The molecule has 0 amide bonds. The van der Waals surface area contributed by atoms with Gasteiger partial charge in [0.2, 0.25) is 0 Å². The largest absolute Gasteiger partial charge is 0.316 e. The molecule has 0 rings (SSSR count). The van der Waals surface area contributed by atoms with Gasteiger partial charge in [0, 0.05) is 6.04 Å². The van der Waals surface area contributed by atoms with Crippen molar-refractivity contribution in [3.05, 3.63) is 11.6 Å². The van der Waals surface area contributed by atoms with Crippen molar-refractivity contribution in [2.45, 2.75) is 59.9 Å². The van der Waals surface area contributed by atoms with Gasteiger partial charge in [-0.3, -0.25) is 0 Å². The van der Waals surface area contributed by atoms with Crippen molar-refractivity contribution in [1.82, 2.24) is 5.32 Å². The molecule has 1 N–H and O–H groups in total. The topological polar surface area (TPSA) is 12.0 Å². The molecule has 3 atom stereocenters. The van der Waals surface area contributed by atoms with Gasteiger partial charge in [0.1, 0.15) is 0 Å². The highest BCUT2D eigenvalue weighted by Gasteiger charge is 2.20. The Morgan fingerprint density at radius 2 is 1.80 bits per heavy atom. The Kier molecular flexibility index (Phi) is 7.76. The van der Waals surface area contributed by atoms with E-state index in [1.807, 2.05) is 0 Å². The molecule has 0 aromatic rings. The fourth-order valence-electron chi connectivity index (χ4n) is 2.45. The number of allylic oxidation sites excluding steroid dienone is 2. The van der Waals surface area contributed by atoms with Crippen LogP contribution in [-0.4, -0.2) is 13.1 Å². The van der Waals surface area contributed by atoms with E-state index in [0.29, 0.717) is 6.04 Å². The summed E-state index contributed by atoms with van der Waals surface area (Å²) in [6.07, 6.45) is 5.99. The normalized spacial score (nSPS) is 18.7. The second-order valence-corrected chi connectivity index (χ2v) is 4.84. The molecule has 0 aliphatic carbocycles. The van der Waals surface area contributed by atoms with Gasteiger partial charge in [0.25, 0.3) is 0 Å². The number of rotatable bonds is 7. The molecule has 0 aromatic carbocycles. The molecule has 0 heterocycles. The zero-order valence-electron chi connectivity index (χ0n) is 11.4. The standard InChI is InChI=1S/C14H29N/c1-7-9-11(3)10-13(5)14(15-6)12(4)8-2/h9,12-15H,7-8,10H2,1-6H3/b11-9+. The van der Waals surface area contributed by atoms with Crippen LogP contribution in [0.3, 0.4) is 0 Å². The molecular formula is C14H29N. The minimum absolute atomic E-state index is 0.648. The molecule has 0 aromatic heterocycles. The first-order valence-corrected chi connectivity index (χ1v) is 6.39. The molecule has 15 heavy (non-hydrogen) atoms. The van der Waals surface area contributed by atoms with E-state index in [9.17, 15) is 0 Å². The molecule has 1 nitrogen and oxygen atoms in total. The van der Waals surface area contributed by atoms with Gasteiger partial charge in [0.15, 0.2) is 0 Å². The molecule has 0 aliphatic heterocycles. The maximum absolute atomic E-state index is 3.47. The first-order valence-electron chi connectivity index (χ1n) is 6.39. The Labute approximate surface area is 96.3 Å². The molecule has 0 aliphatic rings. The Bertz CT molecular complexity index is 184. The van der Waals surface area contributed by atoms with E-state index < -0.39 is 0 Å².